The number of nitrogen functional groups attached to an aromatic ring is 1. The molecule has 3 aromatic rings. The minimum Gasteiger partial charge on any atom is -0.467 e. The third-order valence-corrected chi connectivity index (χ3v) is 5.61. The summed E-state index contributed by atoms with van der Waals surface area (Å²) in [6.07, 6.45) is 2.50. The van der Waals surface area contributed by atoms with Crippen molar-refractivity contribution in [2.75, 3.05) is 16.0 Å². The second-order valence-corrected chi connectivity index (χ2v) is 7.69. The van der Waals surface area contributed by atoms with Crippen molar-refractivity contribution in [1.82, 2.24) is 0 Å². The Balaban J connectivity index is 1.55. The molecular weight excluding hydrogens is 397 g/mol. The molecule has 1 atom stereocenters. The number of hydrogen-bond donors (Lipinski definition) is 2. The van der Waals surface area contributed by atoms with Gasteiger partial charge in [0.1, 0.15) is 5.76 Å². The van der Waals surface area contributed by atoms with Crippen LogP contribution in [0.5, 0.6) is 0 Å². The maximum absolute atomic E-state index is 12.8. The zero-order valence-corrected chi connectivity index (χ0v) is 16.7. The lowest BCUT2D eigenvalue weighted by atomic mass is 10.1. The molecular formula is C21H19Cl2N3O2. The average molecular weight is 416 g/mol. The van der Waals surface area contributed by atoms with Crippen molar-refractivity contribution in [3.05, 3.63) is 75.7 Å². The molecule has 0 saturated carbocycles. The first-order chi connectivity index (χ1) is 13.4. The van der Waals surface area contributed by atoms with Crippen molar-refractivity contribution in [2.45, 2.75) is 25.9 Å². The number of furan rings is 1. The first kappa shape index (κ1) is 18.7. The van der Waals surface area contributed by atoms with Gasteiger partial charge in [-0.2, -0.15) is 0 Å². The Kier molecular flexibility index (Phi) is 4.96. The molecule has 1 aromatic heterocycles. The fourth-order valence-corrected chi connectivity index (χ4v) is 4.03. The first-order valence-corrected chi connectivity index (χ1v) is 9.66. The monoisotopic (exact) mass is 415 g/mol. The van der Waals surface area contributed by atoms with E-state index in [1.54, 1.807) is 18.2 Å². The predicted octanol–water partition coefficient (Wildman–Crippen LogP) is 5.37. The van der Waals surface area contributed by atoms with Gasteiger partial charge in [-0.1, -0.05) is 41.4 Å². The molecule has 144 valence electrons. The first-order valence-electron chi connectivity index (χ1n) is 8.91. The van der Waals surface area contributed by atoms with Gasteiger partial charge >= 0.3 is 0 Å². The van der Waals surface area contributed by atoms with Crippen LogP contribution in [0.2, 0.25) is 10.0 Å². The van der Waals surface area contributed by atoms with Gasteiger partial charge in [0.2, 0.25) is 0 Å². The molecule has 5 nitrogen and oxygen atoms in total. The van der Waals surface area contributed by atoms with Crippen LogP contribution >= 0.6 is 23.2 Å². The third kappa shape index (κ3) is 3.43. The van der Waals surface area contributed by atoms with Crippen molar-refractivity contribution in [3.63, 3.8) is 0 Å². The summed E-state index contributed by atoms with van der Waals surface area (Å²) in [4.78, 5) is 15.0. The van der Waals surface area contributed by atoms with Gasteiger partial charge in [-0.05, 0) is 43.2 Å². The molecule has 28 heavy (non-hydrogen) atoms. The molecule has 1 aliphatic rings. The lowest BCUT2D eigenvalue weighted by molar-refractivity contribution is 0.102. The van der Waals surface area contributed by atoms with E-state index in [0.29, 0.717) is 29.6 Å². The van der Waals surface area contributed by atoms with E-state index in [4.69, 9.17) is 33.4 Å². The molecule has 2 aromatic carbocycles. The van der Waals surface area contributed by atoms with Gasteiger partial charge in [-0.15, -0.1) is 0 Å². The highest BCUT2D eigenvalue weighted by molar-refractivity contribution is 6.39. The topological polar surface area (TPSA) is 71.5 Å². The lowest BCUT2D eigenvalue weighted by Gasteiger charge is -2.24. The summed E-state index contributed by atoms with van der Waals surface area (Å²) in [5.74, 6) is 0.314. The smallest absolute Gasteiger partial charge is 0.259 e. The van der Waals surface area contributed by atoms with Crippen LogP contribution in [0.4, 0.5) is 17.1 Å². The molecule has 1 unspecified atom stereocenters. The second kappa shape index (κ2) is 7.41. The Morgan fingerprint density at radius 1 is 1.25 bits per heavy atom. The van der Waals surface area contributed by atoms with E-state index in [2.05, 4.69) is 29.3 Å². The van der Waals surface area contributed by atoms with Crippen LogP contribution in [-0.2, 0) is 13.0 Å². The maximum Gasteiger partial charge on any atom is 0.259 e. The van der Waals surface area contributed by atoms with E-state index in [-0.39, 0.29) is 21.6 Å². The standard InChI is InChI=1S/C21H19Cl2N3O2/c1-12-8-13-4-2-3-5-18(13)26(12)11-19-15(6-7-28-19)21(27)25-14-9-16(22)20(24)17(23)10-14/h2-7,9-10,12H,8,11,24H2,1H3,(H,25,27). The van der Waals surface area contributed by atoms with Gasteiger partial charge in [-0.25, -0.2) is 0 Å². The number of nitrogens with zero attached hydrogens (tertiary/aromatic N) is 1. The summed E-state index contributed by atoms with van der Waals surface area (Å²) >= 11 is 12.1. The predicted molar refractivity (Wildman–Crippen MR) is 113 cm³/mol. The Morgan fingerprint density at radius 2 is 1.96 bits per heavy atom. The van der Waals surface area contributed by atoms with Crippen molar-refractivity contribution >= 4 is 46.2 Å². The molecule has 0 aliphatic carbocycles. The third-order valence-electron chi connectivity index (χ3n) is 4.99. The zero-order valence-electron chi connectivity index (χ0n) is 15.2. The van der Waals surface area contributed by atoms with E-state index in [1.807, 2.05) is 12.1 Å². The Hall–Kier alpha value is -2.63. The number of fused-ring (bicyclic) bond motifs is 1. The number of benzene rings is 2. The number of para-hydroxylation sites is 1. The van der Waals surface area contributed by atoms with E-state index in [1.165, 1.54) is 17.5 Å². The van der Waals surface area contributed by atoms with Gasteiger partial charge in [0.05, 0.1) is 34.1 Å². The number of hydrogen-bond acceptors (Lipinski definition) is 4. The fourth-order valence-electron chi connectivity index (χ4n) is 3.55. The van der Waals surface area contributed by atoms with Crippen molar-refractivity contribution in [1.29, 1.82) is 0 Å². The highest BCUT2D eigenvalue weighted by Gasteiger charge is 2.28. The Bertz CT molecular complexity index is 1020. The van der Waals surface area contributed by atoms with Crippen LogP contribution in [0.25, 0.3) is 0 Å². The van der Waals surface area contributed by atoms with E-state index >= 15 is 0 Å². The highest BCUT2D eigenvalue weighted by atomic mass is 35.5. The van der Waals surface area contributed by atoms with E-state index in [9.17, 15) is 4.79 Å². The zero-order chi connectivity index (χ0) is 19.8. The van der Waals surface area contributed by atoms with Crippen LogP contribution in [0.3, 0.4) is 0 Å². The molecule has 1 aliphatic heterocycles. The van der Waals surface area contributed by atoms with Crippen molar-refractivity contribution < 1.29 is 9.21 Å². The van der Waals surface area contributed by atoms with Crippen molar-refractivity contribution in [2.24, 2.45) is 0 Å². The maximum atomic E-state index is 12.8. The average Bonchev–Trinajstić information content (AvgIpc) is 3.25. The SMILES string of the molecule is CC1Cc2ccccc2N1Cc1occc1C(=O)Nc1cc(Cl)c(N)c(Cl)c1. The van der Waals surface area contributed by atoms with Gasteiger partial charge in [0.25, 0.3) is 5.91 Å². The minimum atomic E-state index is -0.291. The summed E-state index contributed by atoms with van der Waals surface area (Å²) in [5.41, 5.74) is 9.46. The van der Waals surface area contributed by atoms with Crippen LogP contribution in [0.15, 0.2) is 53.1 Å². The van der Waals surface area contributed by atoms with Crippen molar-refractivity contribution in [3.8, 4) is 0 Å². The molecule has 0 bridgehead atoms. The van der Waals surface area contributed by atoms with Crippen LogP contribution in [-0.4, -0.2) is 11.9 Å². The summed E-state index contributed by atoms with van der Waals surface area (Å²) in [7, 11) is 0. The molecule has 2 heterocycles. The summed E-state index contributed by atoms with van der Waals surface area (Å²) in [6, 6.07) is 13.4. The Morgan fingerprint density at radius 3 is 2.71 bits per heavy atom. The van der Waals surface area contributed by atoms with Crippen LogP contribution in [0, 0.1) is 0 Å². The summed E-state index contributed by atoms with van der Waals surface area (Å²) in [6.45, 7) is 2.68. The summed E-state index contributed by atoms with van der Waals surface area (Å²) in [5, 5.41) is 3.39. The van der Waals surface area contributed by atoms with E-state index in [0.717, 1.165) is 6.42 Å². The number of anilines is 3. The number of nitrogens with two attached hydrogens (primary N) is 1. The molecule has 0 radical (unpaired) electrons. The molecule has 3 N–H and O–H groups in total. The largest absolute Gasteiger partial charge is 0.467 e. The fraction of sp³-hybridized carbons (Fsp3) is 0.190. The normalized spacial score (nSPS) is 15.5. The molecule has 0 spiro atoms. The number of nitrogens with one attached hydrogen (secondary N) is 1. The number of rotatable bonds is 4. The Labute approximate surface area is 173 Å². The quantitative estimate of drug-likeness (QED) is 0.561. The number of carbonyl (C=O) groups is 1. The van der Waals surface area contributed by atoms with Crippen LogP contribution in [0.1, 0.15) is 28.6 Å². The van der Waals surface area contributed by atoms with E-state index < -0.39 is 0 Å². The molecule has 0 fully saturated rings. The van der Waals surface area contributed by atoms with Gasteiger partial charge in [0.15, 0.2) is 0 Å². The highest BCUT2D eigenvalue weighted by Crippen LogP contribution is 2.34. The molecule has 4 rings (SSSR count). The lowest BCUT2D eigenvalue weighted by Crippen LogP contribution is -2.29. The second-order valence-electron chi connectivity index (χ2n) is 6.87. The number of carbonyl (C=O) groups excluding carboxylic acids is 1. The minimum absolute atomic E-state index is 0.284. The molecule has 7 heteroatoms. The molecule has 1 amide bonds. The van der Waals surface area contributed by atoms with Gasteiger partial charge < -0.3 is 20.4 Å². The van der Waals surface area contributed by atoms with Crippen LogP contribution < -0.4 is 16.0 Å². The molecule has 0 saturated heterocycles. The van der Waals surface area contributed by atoms with Gasteiger partial charge in [-0.3, -0.25) is 4.79 Å². The number of amides is 1. The number of halogens is 2. The van der Waals surface area contributed by atoms with Gasteiger partial charge in [0, 0.05) is 17.4 Å². The summed E-state index contributed by atoms with van der Waals surface area (Å²) < 4.78 is 5.64.